The molecule has 0 saturated heterocycles. The smallest absolute Gasteiger partial charge is 0.328 e. The number of hydrogen-bond acceptors (Lipinski definition) is 7. The van der Waals surface area contributed by atoms with Crippen molar-refractivity contribution in [2.24, 2.45) is 0 Å². The van der Waals surface area contributed by atoms with Crippen LogP contribution in [0.5, 0.6) is 0 Å². The van der Waals surface area contributed by atoms with Gasteiger partial charge in [-0.15, -0.1) is 0 Å². The first kappa shape index (κ1) is 21.5. The molecule has 0 aliphatic carbocycles. The van der Waals surface area contributed by atoms with Crippen molar-refractivity contribution in [2.45, 2.75) is 39.2 Å². The number of carbonyl (C=O) groups excluding carboxylic acids is 1. The molecular weight excluding hydrogens is 386 g/mol. The van der Waals surface area contributed by atoms with E-state index in [4.69, 9.17) is 15.2 Å². The highest BCUT2D eigenvalue weighted by Gasteiger charge is 2.15. The highest BCUT2D eigenvalue weighted by Crippen LogP contribution is 2.18. The first-order valence-corrected chi connectivity index (χ1v) is 9.81. The normalized spacial score (nSPS) is 11.2. The van der Waals surface area contributed by atoms with Crippen LogP contribution in [0.3, 0.4) is 0 Å². The number of nitrogens with one attached hydrogen (secondary N) is 1. The van der Waals surface area contributed by atoms with E-state index >= 15 is 0 Å². The average Bonchev–Trinajstić information content (AvgIpc) is 3.01. The van der Waals surface area contributed by atoms with Crippen LogP contribution in [0.1, 0.15) is 35.4 Å². The van der Waals surface area contributed by atoms with Gasteiger partial charge in [0.25, 0.3) is 0 Å². The van der Waals surface area contributed by atoms with Gasteiger partial charge in [0.15, 0.2) is 11.5 Å². The minimum Gasteiger partial charge on any atom is -0.469 e. The second-order valence-corrected chi connectivity index (χ2v) is 7.27. The Balaban J connectivity index is 1.92. The summed E-state index contributed by atoms with van der Waals surface area (Å²) in [5, 5.41) is 0. The van der Waals surface area contributed by atoms with Crippen molar-refractivity contribution in [3.63, 3.8) is 0 Å². The summed E-state index contributed by atoms with van der Waals surface area (Å²) >= 11 is 0. The number of unbranched alkanes of at least 4 members (excludes halogenated alkanes) is 1. The van der Waals surface area contributed by atoms with E-state index < -0.39 is 0 Å². The fourth-order valence-corrected chi connectivity index (χ4v) is 3.45. The molecule has 0 aliphatic rings. The Morgan fingerprint density at radius 2 is 1.93 bits per heavy atom. The number of nitrogens with two attached hydrogens (primary N) is 1. The number of aromatic amines is 1. The number of aryl methyl sites for hydroxylation is 2. The van der Waals surface area contributed by atoms with Gasteiger partial charge in [0.1, 0.15) is 11.3 Å². The number of H-pyrrole nitrogens is 1. The Hall–Kier alpha value is -3.20. The fraction of sp³-hybridized carbons (Fsp3) is 0.429. The predicted octanol–water partition coefficient (Wildman–Crippen LogP) is 1.74. The van der Waals surface area contributed by atoms with Crippen LogP contribution in [0, 0.1) is 6.92 Å². The molecule has 3 aromatic rings. The van der Waals surface area contributed by atoms with Gasteiger partial charge >= 0.3 is 11.7 Å². The van der Waals surface area contributed by atoms with Crippen LogP contribution in [0.4, 0.5) is 5.82 Å². The standard InChI is InChI=1S/C21H27N5O4/c1-13-8-14(11-17(27)30-3)10-15(9-13)12-26-20-18(25-21(26)28)19(22)23-16(24-20)6-4-5-7-29-2/h8-10H,4-7,11-12H2,1-3H3,(H,25,28)(H2,22,23,24). The van der Waals surface area contributed by atoms with E-state index in [2.05, 4.69) is 15.0 Å². The van der Waals surface area contributed by atoms with Gasteiger partial charge in [-0.1, -0.05) is 23.8 Å². The highest BCUT2D eigenvalue weighted by molar-refractivity contribution is 5.81. The monoisotopic (exact) mass is 413 g/mol. The van der Waals surface area contributed by atoms with E-state index in [1.807, 2.05) is 25.1 Å². The number of aromatic nitrogens is 4. The second kappa shape index (κ2) is 9.53. The summed E-state index contributed by atoms with van der Waals surface area (Å²) in [6.07, 6.45) is 2.58. The van der Waals surface area contributed by atoms with Gasteiger partial charge in [-0.3, -0.25) is 9.36 Å². The molecule has 0 aliphatic heterocycles. The van der Waals surface area contributed by atoms with E-state index in [0.717, 1.165) is 29.5 Å². The number of benzene rings is 1. The van der Waals surface area contributed by atoms with E-state index in [-0.39, 0.29) is 23.9 Å². The summed E-state index contributed by atoms with van der Waals surface area (Å²) in [5.74, 6) is 0.544. The summed E-state index contributed by atoms with van der Waals surface area (Å²) in [4.78, 5) is 35.9. The van der Waals surface area contributed by atoms with Crippen LogP contribution in [0.2, 0.25) is 0 Å². The maximum Gasteiger partial charge on any atom is 0.328 e. The van der Waals surface area contributed by atoms with Crippen LogP contribution in [-0.4, -0.2) is 46.3 Å². The Kier molecular flexibility index (Phi) is 6.83. The minimum atomic E-state index is -0.311. The summed E-state index contributed by atoms with van der Waals surface area (Å²) in [5.41, 5.74) is 9.38. The summed E-state index contributed by atoms with van der Waals surface area (Å²) in [6, 6.07) is 5.80. The number of methoxy groups -OCH3 is 2. The molecule has 160 valence electrons. The highest BCUT2D eigenvalue weighted by atomic mass is 16.5. The Morgan fingerprint density at radius 1 is 1.17 bits per heavy atom. The number of rotatable bonds is 9. The Morgan fingerprint density at radius 3 is 2.67 bits per heavy atom. The molecule has 0 amide bonds. The van der Waals surface area contributed by atoms with Gasteiger partial charge in [0.2, 0.25) is 0 Å². The quantitative estimate of drug-likeness (QED) is 0.404. The van der Waals surface area contributed by atoms with Crippen LogP contribution < -0.4 is 11.4 Å². The van der Waals surface area contributed by atoms with Crippen LogP contribution in [0.25, 0.3) is 11.2 Å². The van der Waals surface area contributed by atoms with Gasteiger partial charge < -0.3 is 20.2 Å². The number of nitrogen functional groups attached to an aromatic ring is 1. The molecule has 0 radical (unpaired) electrons. The van der Waals surface area contributed by atoms with Crippen molar-refractivity contribution in [2.75, 3.05) is 26.6 Å². The molecule has 9 heteroatoms. The zero-order valence-electron chi connectivity index (χ0n) is 17.5. The van der Waals surface area contributed by atoms with Crippen molar-refractivity contribution >= 4 is 23.0 Å². The lowest BCUT2D eigenvalue weighted by molar-refractivity contribution is -0.139. The number of esters is 1. The lowest BCUT2D eigenvalue weighted by atomic mass is 10.0. The predicted molar refractivity (Wildman–Crippen MR) is 113 cm³/mol. The molecule has 3 N–H and O–H groups in total. The summed E-state index contributed by atoms with van der Waals surface area (Å²) in [7, 11) is 3.03. The number of hydrogen-bond donors (Lipinski definition) is 2. The lowest BCUT2D eigenvalue weighted by Gasteiger charge is -2.09. The number of imidazole rings is 1. The number of ether oxygens (including phenoxy) is 2. The van der Waals surface area contributed by atoms with Crippen molar-refractivity contribution in [1.82, 2.24) is 19.5 Å². The molecule has 0 unspecified atom stereocenters. The van der Waals surface area contributed by atoms with Crippen LogP contribution in [-0.2, 0) is 33.7 Å². The van der Waals surface area contributed by atoms with E-state index in [9.17, 15) is 9.59 Å². The Bertz CT molecular complexity index is 1100. The number of nitrogens with zero attached hydrogens (tertiary/aromatic N) is 3. The zero-order chi connectivity index (χ0) is 21.7. The molecular formula is C21H27N5O4. The van der Waals surface area contributed by atoms with Gasteiger partial charge in [-0.05, 0) is 30.9 Å². The van der Waals surface area contributed by atoms with E-state index in [0.29, 0.717) is 36.6 Å². The number of anilines is 1. The SMILES string of the molecule is COCCCCc1nc(N)c2[nH]c(=O)n(Cc3cc(C)cc(CC(=O)OC)c3)c2n1. The molecule has 2 aromatic heterocycles. The van der Waals surface area contributed by atoms with Gasteiger partial charge in [-0.2, -0.15) is 0 Å². The first-order chi connectivity index (χ1) is 14.4. The maximum atomic E-state index is 12.6. The molecule has 0 saturated carbocycles. The number of fused-ring (bicyclic) bond motifs is 1. The maximum absolute atomic E-state index is 12.6. The summed E-state index contributed by atoms with van der Waals surface area (Å²) in [6.45, 7) is 2.92. The largest absolute Gasteiger partial charge is 0.469 e. The minimum absolute atomic E-state index is 0.175. The average molecular weight is 413 g/mol. The molecule has 0 bridgehead atoms. The van der Waals surface area contributed by atoms with Crippen molar-refractivity contribution in [3.05, 3.63) is 51.2 Å². The van der Waals surface area contributed by atoms with Gasteiger partial charge in [0.05, 0.1) is 20.1 Å². The first-order valence-electron chi connectivity index (χ1n) is 9.81. The molecule has 30 heavy (non-hydrogen) atoms. The topological polar surface area (TPSA) is 125 Å². The molecule has 0 atom stereocenters. The third kappa shape index (κ3) is 5.04. The van der Waals surface area contributed by atoms with E-state index in [1.54, 1.807) is 11.7 Å². The van der Waals surface area contributed by atoms with Crippen molar-refractivity contribution < 1.29 is 14.3 Å². The Labute approximate surface area is 174 Å². The zero-order valence-corrected chi connectivity index (χ0v) is 17.5. The second-order valence-electron chi connectivity index (χ2n) is 7.27. The lowest BCUT2D eigenvalue weighted by Crippen LogP contribution is -2.18. The molecule has 1 aromatic carbocycles. The fourth-order valence-electron chi connectivity index (χ4n) is 3.45. The molecule has 2 heterocycles. The van der Waals surface area contributed by atoms with Crippen LogP contribution in [0.15, 0.2) is 23.0 Å². The third-order valence-electron chi connectivity index (χ3n) is 4.81. The van der Waals surface area contributed by atoms with Crippen molar-refractivity contribution in [3.8, 4) is 0 Å². The van der Waals surface area contributed by atoms with Gasteiger partial charge in [-0.25, -0.2) is 14.8 Å². The molecule has 3 rings (SSSR count). The van der Waals surface area contributed by atoms with Crippen LogP contribution >= 0.6 is 0 Å². The number of carbonyl (C=O) groups is 1. The molecule has 0 spiro atoms. The van der Waals surface area contributed by atoms with Gasteiger partial charge in [0, 0.05) is 20.1 Å². The van der Waals surface area contributed by atoms with E-state index in [1.165, 1.54) is 7.11 Å². The third-order valence-corrected chi connectivity index (χ3v) is 4.81. The van der Waals surface area contributed by atoms with Crippen molar-refractivity contribution in [1.29, 1.82) is 0 Å². The summed E-state index contributed by atoms with van der Waals surface area (Å²) < 4.78 is 11.4. The molecule has 9 nitrogen and oxygen atoms in total. The molecule has 0 fully saturated rings.